The monoisotopic (exact) mass is 249 g/mol. The normalized spacial score (nSPS) is 26.0. The molecule has 1 unspecified atom stereocenters. The van der Waals surface area contributed by atoms with Gasteiger partial charge in [0.2, 0.25) is 0 Å². The summed E-state index contributed by atoms with van der Waals surface area (Å²) in [6.45, 7) is 4.29. The Bertz CT molecular complexity index is 374. The van der Waals surface area contributed by atoms with E-state index < -0.39 is 0 Å². The molecular weight excluding hydrogens is 225 g/mol. The number of nitrogens with one attached hydrogen (secondary N) is 1. The molecule has 0 radical (unpaired) electrons. The Kier molecular flexibility index (Phi) is 4.39. The molecule has 1 N–H and O–H groups in total. The lowest BCUT2D eigenvalue weighted by Gasteiger charge is -2.33. The van der Waals surface area contributed by atoms with E-state index in [9.17, 15) is 4.39 Å². The summed E-state index contributed by atoms with van der Waals surface area (Å²) in [5.41, 5.74) is 2.11. The molecule has 18 heavy (non-hydrogen) atoms. The van der Waals surface area contributed by atoms with Crippen molar-refractivity contribution in [3.63, 3.8) is 0 Å². The van der Waals surface area contributed by atoms with Crippen LogP contribution in [0.5, 0.6) is 0 Å². The summed E-state index contributed by atoms with van der Waals surface area (Å²) in [6.07, 6.45) is 5.11. The van der Waals surface area contributed by atoms with E-state index in [2.05, 4.69) is 18.3 Å². The summed E-state index contributed by atoms with van der Waals surface area (Å²) in [6, 6.07) is 5.69. The summed E-state index contributed by atoms with van der Waals surface area (Å²) in [5, 5.41) is 3.39. The standard InChI is InChI=1S/C16H24FN/c1-11-4-6-13(7-5-11)16(18-3)14-8-12(2)9-15(17)10-14/h8-11,13,16,18H,4-7H2,1-3H3. The highest BCUT2D eigenvalue weighted by molar-refractivity contribution is 5.26. The predicted octanol–water partition coefficient (Wildman–Crippen LogP) is 4.22. The van der Waals surface area contributed by atoms with E-state index in [-0.39, 0.29) is 5.82 Å². The smallest absolute Gasteiger partial charge is 0.123 e. The molecule has 1 aliphatic rings. The third kappa shape index (κ3) is 3.11. The van der Waals surface area contributed by atoms with E-state index in [0.717, 1.165) is 17.0 Å². The molecule has 1 saturated carbocycles. The minimum atomic E-state index is -0.116. The zero-order chi connectivity index (χ0) is 13.1. The van der Waals surface area contributed by atoms with Gasteiger partial charge < -0.3 is 5.32 Å². The van der Waals surface area contributed by atoms with Crippen LogP contribution in [0.2, 0.25) is 0 Å². The third-order valence-electron chi connectivity index (χ3n) is 4.27. The molecule has 0 aromatic heterocycles. The SMILES string of the molecule is CNC(c1cc(C)cc(F)c1)C1CCC(C)CC1. The lowest BCUT2D eigenvalue weighted by atomic mass is 9.77. The zero-order valence-corrected chi connectivity index (χ0v) is 11.7. The Morgan fingerprint density at radius 3 is 2.39 bits per heavy atom. The van der Waals surface area contributed by atoms with Gasteiger partial charge in [-0.3, -0.25) is 0 Å². The van der Waals surface area contributed by atoms with Crippen molar-refractivity contribution >= 4 is 0 Å². The lowest BCUT2D eigenvalue weighted by molar-refractivity contribution is 0.237. The number of hydrogen-bond donors (Lipinski definition) is 1. The molecule has 0 saturated heterocycles. The Morgan fingerprint density at radius 2 is 1.83 bits per heavy atom. The van der Waals surface area contributed by atoms with E-state index in [1.54, 1.807) is 12.1 Å². The number of benzene rings is 1. The Morgan fingerprint density at radius 1 is 1.17 bits per heavy atom. The van der Waals surface area contributed by atoms with Gasteiger partial charge in [-0.05, 0) is 61.9 Å². The fourth-order valence-electron chi connectivity index (χ4n) is 3.24. The van der Waals surface area contributed by atoms with Gasteiger partial charge in [0, 0.05) is 6.04 Å². The van der Waals surface area contributed by atoms with Gasteiger partial charge in [-0.2, -0.15) is 0 Å². The minimum absolute atomic E-state index is 0.116. The quantitative estimate of drug-likeness (QED) is 0.845. The molecule has 100 valence electrons. The Hall–Kier alpha value is -0.890. The summed E-state index contributed by atoms with van der Waals surface area (Å²) in [7, 11) is 1.99. The molecule has 0 amide bonds. The highest BCUT2D eigenvalue weighted by Gasteiger charge is 2.26. The maximum absolute atomic E-state index is 13.5. The van der Waals surface area contributed by atoms with Crippen LogP contribution in [0.1, 0.15) is 49.8 Å². The van der Waals surface area contributed by atoms with E-state index in [1.165, 1.54) is 25.7 Å². The van der Waals surface area contributed by atoms with Crippen LogP contribution in [0, 0.1) is 24.6 Å². The molecule has 2 rings (SSSR count). The van der Waals surface area contributed by atoms with Crippen LogP contribution in [0.4, 0.5) is 4.39 Å². The largest absolute Gasteiger partial charge is 0.313 e. The first-order valence-corrected chi connectivity index (χ1v) is 7.04. The van der Waals surface area contributed by atoms with Crippen LogP contribution < -0.4 is 5.32 Å². The van der Waals surface area contributed by atoms with Gasteiger partial charge in [-0.15, -0.1) is 0 Å². The van der Waals surface area contributed by atoms with Crippen LogP contribution in [0.25, 0.3) is 0 Å². The van der Waals surface area contributed by atoms with Gasteiger partial charge in [0.1, 0.15) is 5.82 Å². The fourth-order valence-corrected chi connectivity index (χ4v) is 3.24. The maximum Gasteiger partial charge on any atom is 0.123 e. The van der Waals surface area contributed by atoms with Crippen LogP contribution >= 0.6 is 0 Å². The second-order valence-corrected chi connectivity index (χ2v) is 5.85. The first-order chi connectivity index (χ1) is 8.60. The van der Waals surface area contributed by atoms with Crippen molar-refractivity contribution < 1.29 is 4.39 Å². The molecule has 1 aromatic carbocycles. The summed E-state index contributed by atoms with van der Waals surface area (Å²) >= 11 is 0. The highest BCUT2D eigenvalue weighted by Crippen LogP contribution is 2.36. The van der Waals surface area contributed by atoms with Crippen molar-refractivity contribution in [2.45, 2.75) is 45.6 Å². The van der Waals surface area contributed by atoms with Crippen LogP contribution in [-0.2, 0) is 0 Å². The molecule has 0 spiro atoms. The molecule has 1 aliphatic carbocycles. The zero-order valence-electron chi connectivity index (χ0n) is 11.7. The van der Waals surface area contributed by atoms with Crippen molar-refractivity contribution in [1.29, 1.82) is 0 Å². The molecule has 1 atom stereocenters. The van der Waals surface area contributed by atoms with Gasteiger partial charge >= 0.3 is 0 Å². The predicted molar refractivity (Wildman–Crippen MR) is 74.1 cm³/mol. The van der Waals surface area contributed by atoms with Crippen molar-refractivity contribution in [3.05, 3.63) is 35.1 Å². The molecular formula is C16H24FN. The van der Waals surface area contributed by atoms with E-state index in [0.29, 0.717) is 12.0 Å². The van der Waals surface area contributed by atoms with E-state index in [1.807, 2.05) is 14.0 Å². The van der Waals surface area contributed by atoms with Gasteiger partial charge in [0.15, 0.2) is 0 Å². The third-order valence-corrected chi connectivity index (χ3v) is 4.27. The van der Waals surface area contributed by atoms with Crippen LogP contribution in [-0.4, -0.2) is 7.05 Å². The first-order valence-electron chi connectivity index (χ1n) is 7.04. The molecule has 2 heteroatoms. The van der Waals surface area contributed by atoms with Crippen molar-refractivity contribution in [1.82, 2.24) is 5.32 Å². The topological polar surface area (TPSA) is 12.0 Å². The molecule has 0 heterocycles. The molecule has 1 nitrogen and oxygen atoms in total. The average Bonchev–Trinajstić information content (AvgIpc) is 2.31. The van der Waals surface area contributed by atoms with E-state index in [4.69, 9.17) is 0 Å². The van der Waals surface area contributed by atoms with Gasteiger partial charge in [0.25, 0.3) is 0 Å². The Labute approximate surface area is 110 Å². The molecule has 0 bridgehead atoms. The van der Waals surface area contributed by atoms with Crippen molar-refractivity contribution in [3.8, 4) is 0 Å². The summed E-state index contributed by atoms with van der Waals surface area (Å²) < 4.78 is 13.5. The van der Waals surface area contributed by atoms with Crippen molar-refractivity contribution in [2.75, 3.05) is 7.05 Å². The second kappa shape index (κ2) is 5.83. The lowest BCUT2D eigenvalue weighted by Crippen LogP contribution is -2.28. The van der Waals surface area contributed by atoms with Gasteiger partial charge in [0.05, 0.1) is 0 Å². The molecule has 0 aliphatic heterocycles. The van der Waals surface area contributed by atoms with Gasteiger partial charge in [-0.25, -0.2) is 4.39 Å². The number of hydrogen-bond acceptors (Lipinski definition) is 1. The van der Waals surface area contributed by atoms with Crippen LogP contribution in [0.3, 0.4) is 0 Å². The Balaban J connectivity index is 2.17. The summed E-state index contributed by atoms with van der Waals surface area (Å²) in [5.74, 6) is 1.38. The minimum Gasteiger partial charge on any atom is -0.313 e. The number of aryl methyl sites for hydroxylation is 1. The maximum atomic E-state index is 13.5. The first kappa shape index (κ1) is 13.5. The average molecular weight is 249 g/mol. The summed E-state index contributed by atoms with van der Waals surface area (Å²) in [4.78, 5) is 0. The second-order valence-electron chi connectivity index (χ2n) is 5.85. The molecule has 1 aromatic rings. The number of halogens is 1. The van der Waals surface area contributed by atoms with E-state index >= 15 is 0 Å². The van der Waals surface area contributed by atoms with Crippen LogP contribution in [0.15, 0.2) is 18.2 Å². The molecule has 1 fully saturated rings. The fraction of sp³-hybridized carbons (Fsp3) is 0.625. The van der Waals surface area contributed by atoms with Crippen molar-refractivity contribution in [2.24, 2.45) is 11.8 Å². The van der Waals surface area contributed by atoms with Gasteiger partial charge in [-0.1, -0.05) is 25.8 Å². The number of rotatable bonds is 3. The highest BCUT2D eigenvalue weighted by atomic mass is 19.1.